The highest BCUT2D eigenvalue weighted by Crippen LogP contribution is 2.35. The highest BCUT2D eigenvalue weighted by Gasteiger charge is 2.44. The van der Waals surface area contributed by atoms with Gasteiger partial charge >= 0.3 is 0 Å². The molecule has 0 heterocycles. The Morgan fingerprint density at radius 2 is 1.53 bits per heavy atom. The number of Topliss-reactive ketones (excluding diaryl/α,β-unsaturated/α-hetero) is 1. The summed E-state index contributed by atoms with van der Waals surface area (Å²) in [7, 11) is 1.65. The first-order valence-electron chi connectivity index (χ1n) is 13.0. The van der Waals surface area contributed by atoms with Gasteiger partial charge in [-0.25, -0.2) is 0 Å². The van der Waals surface area contributed by atoms with E-state index >= 15 is 0 Å². The first kappa shape index (κ1) is 32.4. The second kappa shape index (κ2) is 15.6. The highest BCUT2D eigenvalue weighted by atomic mass is 16.4. The molecule has 210 valence electrons. The van der Waals surface area contributed by atoms with Crippen molar-refractivity contribution >= 4 is 17.6 Å². The lowest BCUT2D eigenvalue weighted by atomic mass is 9.73. The fourth-order valence-electron chi connectivity index (χ4n) is 5.06. The van der Waals surface area contributed by atoms with Crippen LogP contribution in [0.2, 0.25) is 0 Å². The lowest BCUT2D eigenvalue weighted by molar-refractivity contribution is -0.133. The van der Waals surface area contributed by atoms with Crippen LogP contribution in [0.3, 0.4) is 0 Å². The molecule has 0 aromatic carbocycles. The van der Waals surface area contributed by atoms with Gasteiger partial charge in [-0.05, 0) is 39.7 Å². The summed E-state index contributed by atoms with van der Waals surface area (Å²) in [5.74, 6) is -1.37. The van der Waals surface area contributed by atoms with Gasteiger partial charge in [-0.1, -0.05) is 32.6 Å². The van der Waals surface area contributed by atoms with Crippen LogP contribution in [-0.2, 0) is 14.4 Å². The van der Waals surface area contributed by atoms with Gasteiger partial charge in [-0.15, -0.1) is 0 Å². The molecule has 11 nitrogen and oxygen atoms in total. The van der Waals surface area contributed by atoms with E-state index in [0.717, 1.165) is 25.7 Å². The third-order valence-electron chi connectivity index (χ3n) is 7.47. The number of aliphatic hydroxyl groups excluding tert-OH is 4. The van der Waals surface area contributed by atoms with E-state index in [4.69, 9.17) is 5.11 Å². The van der Waals surface area contributed by atoms with Crippen molar-refractivity contribution in [2.24, 2.45) is 5.92 Å². The summed E-state index contributed by atoms with van der Waals surface area (Å²) < 4.78 is 0. The molecule has 8 N–H and O–H groups in total. The van der Waals surface area contributed by atoms with Crippen molar-refractivity contribution in [3.8, 4) is 0 Å². The van der Waals surface area contributed by atoms with Crippen LogP contribution in [0, 0.1) is 5.92 Å². The zero-order valence-electron chi connectivity index (χ0n) is 22.1. The summed E-state index contributed by atoms with van der Waals surface area (Å²) in [5.41, 5.74) is -1.24. The van der Waals surface area contributed by atoms with Crippen LogP contribution in [0.15, 0.2) is 0 Å². The molecule has 0 saturated heterocycles. The van der Waals surface area contributed by atoms with Gasteiger partial charge in [0.15, 0.2) is 0 Å². The molecule has 0 spiro atoms. The van der Waals surface area contributed by atoms with Crippen LogP contribution in [0.4, 0.5) is 0 Å². The molecule has 1 rings (SSSR count). The summed E-state index contributed by atoms with van der Waals surface area (Å²) >= 11 is 0. The molecule has 1 fully saturated rings. The number of hydrogen-bond donors (Lipinski definition) is 8. The largest absolute Gasteiger partial charge is 0.394 e. The molecular formula is C25H47N3O8. The van der Waals surface area contributed by atoms with E-state index in [1.165, 1.54) is 13.8 Å². The van der Waals surface area contributed by atoms with Gasteiger partial charge in [0.05, 0.1) is 24.3 Å². The topological polar surface area (TPSA) is 188 Å². The van der Waals surface area contributed by atoms with Crippen molar-refractivity contribution in [3.63, 3.8) is 0 Å². The van der Waals surface area contributed by atoms with Gasteiger partial charge in [0.1, 0.15) is 24.1 Å². The number of rotatable bonds is 12. The van der Waals surface area contributed by atoms with E-state index in [0.29, 0.717) is 25.7 Å². The zero-order valence-corrected chi connectivity index (χ0v) is 22.1. The Morgan fingerprint density at radius 3 is 1.97 bits per heavy atom. The summed E-state index contributed by atoms with van der Waals surface area (Å²) in [6.07, 6.45) is 0.188. The molecule has 2 amide bonds. The fourth-order valence-corrected chi connectivity index (χ4v) is 5.06. The maximum atomic E-state index is 12.4. The number of carbonyl (C=O) groups excluding carboxylic acids is 3. The van der Waals surface area contributed by atoms with Crippen molar-refractivity contribution in [2.75, 3.05) is 13.7 Å². The lowest BCUT2D eigenvalue weighted by Gasteiger charge is -2.42. The average Bonchev–Trinajstić information content (AvgIpc) is 2.83. The molecule has 6 unspecified atom stereocenters. The minimum absolute atomic E-state index is 0.0188. The van der Waals surface area contributed by atoms with Crippen LogP contribution in [-0.4, -0.2) is 98.8 Å². The number of carbonyl (C=O) groups is 3. The van der Waals surface area contributed by atoms with Gasteiger partial charge in [-0.3, -0.25) is 14.4 Å². The van der Waals surface area contributed by atoms with E-state index in [2.05, 4.69) is 16.0 Å². The summed E-state index contributed by atoms with van der Waals surface area (Å²) in [4.78, 5) is 35.8. The van der Waals surface area contributed by atoms with Gasteiger partial charge < -0.3 is 41.5 Å². The van der Waals surface area contributed by atoms with Gasteiger partial charge in [0.2, 0.25) is 11.8 Å². The molecular weight excluding hydrogens is 470 g/mol. The first-order valence-corrected chi connectivity index (χ1v) is 13.0. The monoisotopic (exact) mass is 517 g/mol. The quantitative estimate of drug-likeness (QED) is 0.163. The number of likely N-dealkylation sites (N-methyl/N-ethyl adjacent to an activating group) is 1. The van der Waals surface area contributed by atoms with E-state index in [1.807, 2.05) is 0 Å². The molecule has 0 bridgehead atoms. The third-order valence-corrected chi connectivity index (χ3v) is 7.47. The minimum Gasteiger partial charge on any atom is -0.394 e. The van der Waals surface area contributed by atoms with Crippen LogP contribution in [0.5, 0.6) is 0 Å². The minimum atomic E-state index is -1.70. The molecule has 0 aliphatic heterocycles. The molecule has 1 saturated carbocycles. The van der Waals surface area contributed by atoms with E-state index < -0.39 is 54.4 Å². The molecule has 0 radical (unpaired) electrons. The zero-order chi connectivity index (χ0) is 27.5. The predicted molar refractivity (Wildman–Crippen MR) is 134 cm³/mol. The Balaban J connectivity index is 2.84. The van der Waals surface area contributed by atoms with Crippen molar-refractivity contribution in [1.29, 1.82) is 0 Å². The summed E-state index contributed by atoms with van der Waals surface area (Å²) in [6, 6.07) is -1.57. The molecule has 6 atom stereocenters. The summed E-state index contributed by atoms with van der Waals surface area (Å²) in [6.45, 7) is 3.66. The number of aliphatic hydroxyl groups is 5. The Bertz CT molecular complexity index is 695. The molecule has 36 heavy (non-hydrogen) atoms. The Kier molecular flexibility index (Phi) is 14.0. The maximum absolute atomic E-state index is 12.4. The van der Waals surface area contributed by atoms with E-state index in [-0.39, 0.29) is 24.2 Å². The van der Waals surface area contributed by atoms with E-state index in [9.17, 15) is 34.8 Å². The van der Waals surface area contributed by atoms with Crippen molar-refractivity contribution in [1.82, 2.24) is 16.0 Å². The van der Waals surface area contributed by atoms with Crippen molar-refractivity contribution in [3.05, 3.63) is 0 Å². The van der Waals surface area contributed by atoms with Crippen LogP contribution >= 0.6 is 0 Å². The number of amides is 2. The number of nitrogens with one attached hydrogen (secondary N) is 3. The van der Waals surface area contributed by atoms with Gasteiger partial charge in [-0.2, -0.15) is 0 Å². The van der Waals surface area contributed by atoms with Gasteiger partial charge in [0.25, 0.3) is 0 Å². The smallest absolute Gasteiger partial charge is 0.222 e. The Labute approximate surface area is 214 Å². The second-order valence-corrected chi connectivity index (χ2v) is 10.3. The molecule has 1 aliphatic carbocycles. The molecule has 0 aromatic rings. The molecule has 0 aromatic heterocycles. The number of ketones is 1. The maximum Gasteiger partial charge on any atom is 0.222 e. The highest BCUT2D eigenvalue weighted by molar-refractivity contribution is 5.88. The van der Waals surface area contributed by atoms with Crippen LogP contribution < -0.4 is 16.0 Å². The Morgan fingerprint density at radius 1 is 0.972 bits per heavy atom. The second-order valence-electron chi connectivity index (χ2n) is 10.3. The SMILES string of the molecule is CNC(CC(=O)NC1CCCCC(O)(C(C)C(NC(C)=O)C(O)C(O)C(O)CO)CCCC1)C(C)=O. The lowest BCUT2D eigenvalue weighted by Crippen LogP contribution is -2.59. The number of hydrogen-bond acceptors (Lipinski definition) is 9. The molecule has 11 heteroatoms. The van der Waals surface area contributed by atoms with Crippen molar-refractivity contribution < 1.29 is 39.9 Å². The Hall–Kier alpha value is -1.63. The third kappa shape index (κ3) is 10.0. The molecule has 1 aliphatic rings. The van der Waals surface area contributed by atoms with Crippen LogP contribution in [0.25, 0.3) is 0 Å². The summed E-state index contributed by atoms with van der Waals surface area (Å²) in [5, 5.41) is 59.9. The average molecular weight is 518 g/mol. The standard InChI is InChI=1S/C25H47N3O8/c1-15(22(27-17(3)31)24(35)23(34)20(32)14-29)25(36)11-7-5-9-18(10-6-8-12-25)28-21(33)13-19(26-4)16(2)30/h15,18-20,22-24,26,29,32,34-36H,5-14H2,1-4H3,(H,27,31)(H,28,33). The predicted octanol–water partition coefficient (Wildman–Crippen LogP) is -0.880. The fraction of sp³-hybridized carbons (Fsp3) is 0.880. The van der Waals surface area contributed by atoms with Crippen LogP contribution in [0.1, 0.15) is 78.6 Å². The van der Waals surface area contributed by atoms with Crippen molar-refractivity contribution in [2.45, 2.75) is 121 Å². The normalized spacial score (nSPS) is 26.5. The van der Waals surface area contributed by atoms with Gasteiger partial charge in [0, 0.05) is 25.3 Å². The first-order chi connectivity index (χ1) is 16.9. The van der Waals surface area contributed by atoms with E-state index in [1.54, 1.807) is 14.0 Å².